The molecule has 5 heteroatoms. The molecule has 4 nitrogen and oxygen atoms in total. The van der Waals surface area contributed by atoms with E-state index in [0.29, 0.717) is 22.9 Å². The lowest BCUT2D eigenvalue weighted by Gasteiger charge is -2.13. The van der Waals surface area contributed by atoms with Gasteiger partial charge in [-0.1, -0.05) is 24.1 Å². The van der Waals surface area contributed by atoms with Crippen molar-refractivity contribution in [3.05, 3.63) is 22.7 Å². The topological polar surface area (TPSA) is 55.8 Å². The minimum atomic E-state index is -0.745. The van der Waals surface area contributed by atoms with Gasteiger partial charge in [0.25, 0.3) is 0 Å². The number of ether oxygens (including phenoxy) is 2. The summed E-state index contributed by atoms with van der Waals surface area (Å²) in [6, 6.07) is 3.75. The zero-order valence-electron chi connectivity index (χ0n) is 11.2. The van der Waals surface area contributed by atoms with Gasteiger partial charge in [0.05, 0.1) is 14.2 Å². The van der Waals surface area contributed by atoms with Crippen molar-refractivity contribution in [2.75, 3.05) is 14.2 Å². The first-order valence-electron chi connectivity index (χ1n) is 6.21. The van der Waals surface area contributed by atoms with E-state index in [1.54, 1.807) is 14.2 Å². The zero-order valence-corrected chi connectivity index (χ0v) is 12.0. The van der Waals surface area contributed by atoms with Crippen molar-refractivity contribution >= 4 is 17.6 Å². The van der Waals surface area contributed by atoms with Gasteiger partial charge in [-0.2, -0.15) is 0 Å². The summed E-state index contributed by atoms with van der Waals surface area (Å²) in [5.74, 6) is 0.484. The van der Waals surface area contributed by atoms with Crippen LogP contribution in [0.1, 0.15) is 31.2 Å². The minimum Gasteiger partial charge on any atom is -0.495 e. The molecule has 0 saturated heterocycles. The molecule has 0 aliphatic rings. The molecular weight excluding hydrogens is 268 g/mol. The fourth-order valence-electron chi connectivity index (χ4n) is 1.92. The number of rotatable bonds is 8. The highest BCUT2D eigenvalue weighted by Gasteiger charge is 2.12. The van der Waals surface area contributed by atoms with Crippen LogP contribution in [0.2, 0.25) is 5.02 Å². The van der Waals surface area contributed by atoms with Gasteiger partial charge >= 0.3 is 5.97 Å². The number of aliphatic carboxylic acids is 1. The zero-order chi connectivity index (χ0) is 14.3. The third-order valence-electron chi connectivity index (χ3n) is 2.90. The second kappa shape index (κ2) is 7.89. The highest BCUT2D eigenvalue weighted by molar-refractivity contribution is 6.33. The van der Waals surface area contributed by atoms with E-state index < -0.39 is 5.97 Å². The number of methoxy groups -OCH3 is 2. The van der Waals surface area contributed by atoms with Gasteiger partial charge in [-0.3, -0.25) is 4.79 Å². The molecule has 0 radical (unpaired) electrons. The molecule has 0 aliphatic carbocycles. The molecular formula is C14H19ClO4. The summed E-state index contributed by atoms with van der Waals surface area (Å²) < 4.78 is 10.4. The summed E-state index contributed by atoms with van der Waals surface area (Å²) >= 11 is 6.17. The van der Waals surface area contributed by atoms with Crippen LogP contribution in [0.3, 0.4) is 0 Å². The van der Waals surface area contributed by atoms with E-state index in [-0.39, 0.29) is 6.42 Å². The number of carboxylic acids is 1. The molecule has 0 fully saturated rings. The fraction of sp³-hybridized carbons (Fsp3) is 0.500. The average molecular weight is 287 g/mol. The molecule has 1 N–H and O–H groups in total. The van der Waals surface area contributed by atoms with E-state index in [1.807, 2.05) is 12.1 Å². The highest BCUT2D eigenvalue weighted by Crippen LogP contribution is 2.37. The van der Waals surface area contributed by atoms with Crippen LogP contribution in [-0.4, -0.2) is 25.3 Å². The van der Waals surface area contributed by atoms with Gasteiger partial charge in [-0.15, -0.1) is 0 Å². The third kappa shape index (κ3) is 4.63. The second-order valence-corrected chi connectivity index (χ2v) is 4.61. The number of hydrogen-bond acceptors (Lipinski definition) is 3. The van der Waals surface area contributed by atoms with E-state index in [0.717, 1.165) is 24.8 Å². The van der Waals surface area contributed by atoms with Crippen molar-refractivity contribution in [2.24, 2.45) is 0 Å². The summed E-state index contributed by atoms with van der Waals surface area (Å²) in [6.45, 7) is 0. The van der Waals surface area contributed by atoms with E-state index >= 15 is 0 Å². The molecule has 0 amide bonds. The Morgan fingerprint density at radius 2 is 1.95 bits per heavy atom. The van der Waals surface area contributed by atoms with E-state index in [9.17, 15) is 4.79 Å². The van der Waals surface area contributed by atoms with Crippen molar-refractivity contribution in [1.82, 2.24) is 0 Å². The maximum Gasteiger partial charge on any atom is 0.303 e. The van der Waals surface area contributed by atoms with Crippen LogP contribution in [0.5, 0.6) is 11.5 Å². The van der Waals surface area contributed by atoms with Gasteiger partial charge in [0.15, 0.2) is 0 Å². The van der Waals surface area contributed by atoms with Crippen molar-refractivity contribution in [3.8, 4) is 11.5 Å². The van der Waals surface area contributed by atoms with E-state index in [2.05, 4.69) is 0 Å². The molecule has 0 aliphatic heterocycles. The number of unbranched alkanes of at least 4 members (excludes halogenated alkanes) is 2. The van der Waals surface area contributed by atoms with Crippen molar-refractivity contribution < 1.29 is 19.4 Å². The first kappa shape index (κ1) is 15.6. The summed E-state index contributed by atoms with van der Waals surface area (Å²) in [6.07, 6.45) is 3.51. The van der Waals surface area contributed by atoms with Crippen molar-refractivity contribution in [2.45, 2.75) is 32.1 Å². The number of carbonyl (C=O) groups is 1. The van der Waals surface area contributed by atoms with Crippen LogP contribution in [-0.2, 0) is 11.2 Å². The average Bonchev–Trinajstić information content (AvgIpc) is 2.38. The predicted molar refractivity (Wildman–Crippen MR) is 74.4 cm³/mol. The van der Waals surface area contributed by atoms with Crippen molar-refractivity contribution in [3.63, 3.8) is 0 Å². The first-order chi connectivity index (χ1) is 9.10. The monoisotopic (exact) mass is 286 g/mol. The highest BCUT2D eigenvalue weighted by atomic mass is 35.5. The SMILES string of the molecule is COc1ccc(CCCCCC(=O)O)c(OC)c1Cl. The van der Waals surface area contributed by atoms with Gasteiger partial charge in [0, 0.05) is 6.42 Å². The molecule has 19 heavy (non-hydrogen) atoms. The van der Waals surface area contributed by atoms with Gasteiger partial charge in [-0.05, 0) is 30.9 Å². The maximum atomic E-state index is 10.4. The maximum absolute atomic E-state index is 10.4. The number of carboxylic acid groups (broad SMARTS) is 1. The Hall–Kier alpha value is -1.42. The van der Waals surface area contributed by atoms with Crippen LogP contribution in [0.25, 0.3) is 0 Å². The molecule has 0 bridgehead atoms. The molecule has 0 saturated carbocycles. The minimum absolute atomic E-state index is 0.223. The Kier molecular flexibility index (Phi) is 6.50. The quantitative estimate of drug-likeness (QED) is 0.743. The van der Waals surface area contributed by atoms with Crippen LogP contribution in [0.4, 0.5) is 0 Å². The molecule has 1 aromatic carbocycles. The predicted octanol–water partition coefficient (Wildman–Crippen LogP) is 3.54. The van der Waals surface area contributed by atoms with Crippen LogP contribution in [0, 0.1) is 0 Å². The van der Waals surface area contributed by atoms with Crippen molar-refractivity contribution in [1.29, 1.82) is 0 Å². The number of aryl methyl sites for hydroxylation is 1. The number of hydrogen-bond donors (Lipinski definition) is 1. The fourth-order valence-corrected chi connectivity index (χ4v) is 2.26. The Bertz CT molecular complexity index is 432. The number of benzene rings is 1. The van der Waals surface area contributed by atoms with Crippen LogP contribution < -0.4 is 9.47 Å². The summed E-state index contributed by atoms with van der Waals surface area (Å²) in [7, 11) is 3.14. The third-order valence-corrected chi connectivity index (χ3v) is 3.26. The summed E-state index contributed by atoms with van der Waals surface area (Å²) in [5.41, 5.74) is 1.02. The van der Waals surface area contributed by atoms with E-state index in [4.69, 9.17) is 26.2 Å². The van der Waals surface area contributed by atoms with Gasteiger partial charge < -0.3 is 14.6 Å². The Balaban J connectivity index is 2.58. The summed E-state index contributed by atoms with van der Waals surface area (Å²) in [5, 5.41) is 9.03. The standard InChI is InChI=1S/C14H19ClO4/c1-18-11-9-8-10(14(19-2)13(11)15)6-4-3-5-7-12(16)17/h8-9H,3-7H2,1-2H3,(H,16,17). The lowest BCUT2D eigenvalue weighted by Crippen LogP contribution is -1.97. The normalized spacial score (nSPS) is 10.3. The summed E-state index contributed by atoms with van der Waals surface area (Å²) in [4.78, 5) is 10.4. The molecule has 0 spiro atoms. The molecule has 106 valence electrons. The lowest BCUT2D eigenvalue weighted by molar-refractivity contribution is -0.137. The first-order valence-corrected chi connectivity index (χ1v) is 6.59. The number of halogens is 1. The van der Waals surface area contributed by atoms with E-state index in [1.165, 1.54) is 0 Å². The molecule has 0 atom stereocenters. The van der Waals surface area contributed by atoms with Crippen LogP contribution >= 0.6 is 11.6 Å². The lowest BCUT2D eigenvalue weighted by atomic mass is 10.0. The molecule has 0 aromatic heterocycles. The Morgan fingerprint density at radius 1 is 1.21 bits per heavy atom. The van der Waals surface area contributed by atoms with Gasteiger partial charge in [0.1, 0.15) is 16.5 Å². The largest absolute Gasteiger partial charge is 0.495 e. The second-order valence-electron chi connectivity index (χ2n) is 4.23. The molecule has 0 unspecified atom stereocenters. The van der Waals surface area contributed by atoms with Gasteiger partial charge in [-0.25, -0.2) is 0 Å². The molecule has 1 aromatic rings. The Morgan fingerprint density at radius 3 is 2.53 bits per heavy atom. The smallest absolute Gasteiger partial charge is 0.303 e. The van der Waals surface area contributed by atoms with Gasteiger partial charge in [0.2, 0.25) is 0 Å². The molecule has 1 rings (SSSR count). The Labute approximate surface area is 118 Å². The molecule has 0 heterocycles. The van der Waals surface area contributed by atoms with Crippen LogP contribution in [0.15, 0.2) is 12.1 Å².